The van der Waals surface area contributed by atoms with Crippen molar-refractivity contribution in [2.24, 2.45) is 0 Å². The molecule has 0 radical (unpaired) electrons. The van der Waals surface area contributed by atoms with Gasteiger partial charge in [-0.05, 0) is 44.3 Å². The van der Waals surface area contributed by atoms with Crippen LogP contribution < -0.4 is 4.74 Å². The Morgan fingerprint density at radius 1 is 1.19 bits per heavy atom. The third kappa shape index (κ3) is 5.73. The number of carbonyl (C=O) groups is 1. The summed E-state index contributed by atoms with van der Waals surface area (Å²) in [6, 6.07) is 7.30. The van der Waals surface area contributed by atoms with Gasteiger partial charge in [-0.15, -0.1) is 0 Å². The van der Waals surface area contributed by atoms with E-state index in [4.69, 9.17) is 9.84 Å². The lowest BCUT2D eigenvalue weighted by Gasteiger charge is -2.20. The molecule has 5 nitrogen and oxygen atoms in total. The maximum Gasteiger partial charge on any atom is 0.307 e. The summed E-state index contributed by atoms with van der Waals surface area (Å²) in [6.07, 6.45) is 1.27. The SMILES string of the molecule is CN1CCCN(CCOc2ccc(CC(=O)O)cc2)CC1. The molecule has 0 saturated carbocycles. The fourth-order valence-corrected chi connectivity index (χ4v) is 2.49. The molecule has 1 saturated heterocycles. The summed E-state index contributed by atoms with van der Waals surface area (Å²) in [7, 11) is 2.17. The predicted octanol–water partition coefficient (Wildman–Crippen LogP) is 1.33. The lowest BCUT2D eigenvalue weighted by molar-refractivity contribution is -0.136. The Morgan fingerprint density at radius 3 is 2.67 bits per heavy atom. The van der Waals surface area contributed by atoms with E-state index in [1.54, 1.807) is 0 Å². The van der Waals surface area contributed by atoms with Crippen molar-refractivity contribution in [3.8, 4) is 5.75 Å². The number of likely N-dealkylation sites (N-methyl/N-ethyl adjacent to an activating group) is 1. The molecule has 1 aliphatic heterocycles. The number of rotatable bonds is 6. The second-order valence-corrected chi connectivity index (χ2v) is 5.56. The topological polar surface area (TPSA) is 53.0 Å². The number of hydrogen-bond acceptors (Lipinski definition) is 4. The first-order valence-corrected chi connectivity index (χ1v) is 7.48. The average molecular weight is 292 g/mol. The number of aliphatic carboxylic acids is 1. The van der Waals surface area contributed by atoms with Gasteiger partial charge in [0, 0.05) is 19.6 Å². The molecule has 0 aliphatic carbocycles. The maximum absolute atomic E-state index is 10.6. The summed E-state index contributed by atoms with van der Waals surface area (Å²) in [5.74, 6) is -0.00845. The van der Waals surface area contributed by atoms with Gasteiger partial charge in [0.25, 0.3) is 0 Å². The third-order valence-corrected chi connectivity index (χ3v) is 3.77. The summed E-state index contributed by atoms with van der Waals surface area (Å²) in [5.41, 5.74) is 0.797. The van der Waals surface area contributed by atoms with Crippen molar-refractivity contribution in [1.82, 2.24) is 9.80 Å². The summed E-state index contributed by atoms with van der Waals surface area (Å²) >= 11 is 0. The quantitative estimate of drug-likeness (QED) is 0.857. The van der Waals surface area contributed by atoms with Gasteiger partial charge in [-0.3, -0.25) is 9.69 Å². The largest absolute Gasteiger partial charge is 0.492 e. The van der Waals surface area contributed by atoms with Gasteiger partial charge in [0.05, 0.1) is 6.42 Å². The third-order valence-electron chi connectivity index (χ3n) is 3.77. The monoisotopic (exact) mass is 292 g/mol. The van der Waals surface area contributed by atoms with Crippen LogP contribution in [0, 0.1) is 0 Å². The van der Waals surface area contributed by atoms with Crippen LogP contribution in [0.15, 0.2) is 24.3 Å². The van der Waals surface area contributed by atoms with Crippen molar-refractivity contribution >= 4 is 5.97 Å². The van der Waals surface area contributed by atoms with E-state index in [9.17, 15) is 4.79 Å². The Labute approximate surface area is 126 Å². The average Bonchev–Trinajstić information content (AvgIpc) is 2.65. The van der Waals surface area contributed by atoms with E-state index in [0.717, 1.165) is 37.5 Å². The van der Waals surface area contributed by atoms with Crippen LogP contribution in [0.2, 0.25) is 0 Å². The second-order valence-electron chi connectivity index (χ2n) is 5.56. The smallest absolute Gasteiger partial charge is 0.307 e. The van der Waals surface area contributed by atoms with E-state index in [1.165, 1.54) is 13.0 Å². The van der Waals surface area contributed by atoms with E-state index in [-0.39, 0.29) is 6.42 Å². The van der Waals surface area contributed by atoms with Crippen LogP contribution in [0.3, 0.4) is 0 Å². The molecule has 1 aliphatic rings. The molecule has 0 bridgehead atoms. The Hall–Kier alpha value is -1.59. The summed E-state index contributed by atoms with van der Waals surface area (Å²) in [4.78, 5) is 15.4. The van der Waals surface area contributed by atoms with Gasteiger partial charge < -0.3 is 14.7 Å². The van der Waals surface area contributed by atoms with E-state index in [2.05, 4.69) is 16.8 Å². The fourth-order valence-electron chi connectivity index (χ4n) is 2.49. The van der Waals surface area contributed by atoms with Crippen LogP contribution in [0.1, 0.15) is 12.0 Å². The Bertz CT molecular complexity index is 447. The van der Waals surface area contributed by atoms with E-state index >= 15 is 0 Å². The molecule has 1 aromatic carbocycles. The lowest BCUT2D eigenvalue weighted by Crippen LogP contribution is -2.32. The zero-order chi connectivity index (χ0) is 15.1. The van der Waals surface area contributed by atoms with Crippen molar-refractivity contribution in [2.75, 3.05) is 46.4 Å². The number of carboxylic acids is 1. The first kappa shape index (κ1) is 15.8. The number of nitrogens with zero attached hydrogens (tertiary/aromatic N) is 2. The van der Waals surface area contributed by atoms with Gasteiger partial charge in [-0.25, -0.2) is 0 Å². The van der Waals surface area contributed by atoms with Crippen molar-refractivity contribution in [1.29, 1.82) is 0 Å². The highest BCUT2D eigenvalue weighted by atomic mass is 16.5. The number of ether oxygens (including phenoxy) is 1. The molecule has 0 amide bonds. The molecule has 0 aromatic heterocycles. The minimum Gasteiger partial charge on any atom is -0.492 e. The van der Waals surface area contributed by atoms with E-state index in [1.807, 2.05) is 24.3 Å². The molecular weight excluding hydrogens is 268 g/mol. The van der Waals surface area contributed by atoms with Gasteiger partial charge in [0.1, 0.15) is 12.4 Å². The van der Waals surface area contributed by atoms with Crippen molar-refractivity contribution in [3.05, 3.63) is 29.8 Å². The maximum atomic E-state index is 10.6. The Kier molecular flexibility index (Phi) is 6.02. The van der Waals surface area contributed by atoms with Crippen LogP contribution in [0.4, 0.5) is 0 Å². The molecule has 1 fully saturated rings. The fraction of sp³-hybridized carbons (Fsp3) is 0.562. The molecule has 0 spiro atoms. The minimum absolute atomic E-state index is 0.0571. The molecule has 21 heavy (non-hydrogen) atoms. The molecule has 0 atom stereocenters. The van der Waals surface area contributed by atoms with Crippen LogP contribution in [0.5, 0.6) is 5.75 Å². The van der Waals surface area contributed by atoms with Crippen molar-refractivity contribution < 1.29 is 14.6 Å². The first-order valence-electron chi connectivity index (χ1n) is 7.48. The van der Waals surface area contributed by atoms with Crippen LogP contribution >= 0.6 is 0 Å². The molecule has 2 rings (SSSR count). The molecule has 116 valence electrons. The van der Waals surface area contributed by atoms with E-state index in [0.29, 0.717) is 6.61 Å². The summed E-state index contributed by atoms with van der Waals surface area (Å²) in [5, 5.41) is 8.72. The molecule has 1 N–H and O–H groups in total. The molecule has 5 heteroatoms. The van der Waals surface area contributed by atoms with Crippen LogP contribution in [-0.4, -0.2) is 67.3 Å². The molecule has 1 heterocycles. The highest BCUT2D eigenvalue weighted by molar-refractivity contribution is 5.70. The first-order chi connectivity index (χ1) is 10.1. The van der Waals surface area contributed by atoms with Crippen molar-refractivity contribution in [3.63, 3.8) is 0 Å². The zero-order valence-corrected chi connectivity index (χ0v) is 12.6. The number of carboxylic acid groups (broad SMARTS) is 1. The predicted molar refractivity (Wildman–Crippen MR) is 81.8 cm³/mol. The Morgan fingerprint density at radius 2 is 1.95 bits per heavy atom. The van der Waals surface area contributed by atoms with Crippen LogP contribution in [0.25, 0.3) is 0 Å². The molecular formula is C16H24N2O3. The van der Waals surface area contributed by atoms with Gasteiger partial charge in [0.15, 0.2) is 0 Å². The molecule has 0 unspecified atom stereocenters. The second kappa shape index (κ2) is 8.00. The van der Waals surface area contributed by atoms with E-state index < -0.39 is 5.97 Å². The standard InChI is InChI=1S/C16H24N2O3/c1-17-7-2-8-18(10-9-17)11-12-21-15-5-3-14(4-6-15)13-16(19)20/h3-6H,2,7-13H2,1H3,(H,19,20). The highest BCUT2D eigenvalue weighted by Gasteiger charge is 2.11. The van der Waals surface area contributed by atoms with Gasteiger partial charge in [-0.2, -0.15) is 0 Å². The van der Waals surface area contributed by atoms with Crippen LogP contribution in [-0.2, 0) is 11.2 Å². The van der Waals surface area contributed by atoms with Gasteiger partial charge in [-0.1, -0.05) is 12.1 Å². The van der Waals surface area contributed by atoms with Gasteiger partial charge >= 0.3 is 5.97 Å². The Balaban J connectivity index is 1.71. The number of hydrogen-bond donors (Lipinski definition) is 1. The normalized spacial score (nSPS) is 17.4. The summed E-state index contributed by atoms with van der Waals surface area (Å²) < 4.78 is 5.73. The highest BCUT2D eigenvalue weighted by Crippen LogP contribution is 2.12. The zero-order valence-electron chi connectivity index (χ0n) is 12.6. The summed E-state index contributed by atoms with van der Waals surface area (Å²) in [6.45, 7) is 6.11. The van der Waals surface area contributed by atoms with Crippen molar-refractivity contribution in [2.45, 2.75) is 12.8 Å². The number of benzene rings is 1. The molecule has 1 aromatic rings. The van der Waals surface area contributed by atoms with Gasteiger partial charge in [0.2, 0.25) is 0 Å². The lowest BCUT2D eigenvalue weighted by atomic mass is 10.1. The minimum atomic E-state index is -0.810.